The molecule has 7 heteroatoms. The molecule has 2 heterocycles. The van der Waals surface area contributed by atoms with Crippen molar-refractivity contribution >= 4 is 17.5 Å². The van der Waals surface area contributed by atoms with Crippen LogP contribution in [0.2, 0.25) is 5.02 Å². The first-order chi connectivity index (χ1) is 12.4. The minimum Gasteiger partial charge on any atom is -0.497 e. The standard InChI is InChI=1S/C19H21ClN2O4/c1-10-16(19(24)22-11(2)17(10)20)18(23)21-8-12-6-13-4-5-14(25-3)7-15(13)26-9-12/h4-5,7,12H,6,8-9H2,1-3H3,(H,21,23)(H,22,24). The summed E-state index contributed by atoms with van der Waals surface area (Å²) >= 11 is 6.15. The molecular formula is C19H21ClN2O4. The summed E-state index contributed by atoms with van der Waals surface area (Å²) < 4.78 is 11.0. The molecule has 0 fully saturated rings. The number of carbonyl (C=O) groups is 1. The molecule has 1 aromatic heterocycles. The lowest BCUT2D eigenvalue weighted by atomic mass is 9.96. The fourth-order valence-electron chi connectivity index (χ4n) is 3.12. The molecule has 0 spiro atoms. The molecule has 1 aliphatic heterocycles. The van der Waals surface area contributed by atoms with Crippen LogP contribution in [0.4, 0.5) is 0 Å². The van der Waals surface area contributed by atoms with E-state index in [1.807, 2.05) is 18.2 Å². The maximum atomic E-state index is 12.5. The highest BCUT2D eigenvalue weighted by Gasteiger charge is 2.23. The maximum Gasteiger partial charge on any atom is 0.261 e. The van der Waals surface area contributed by atoms with E-state index in [1.54, 1.807) is 21.0 Å². The molecule has 3 rings (SSSR count). The number of carbonyl (C=O) groups excluding carboxylic acids is 1. The Morgan fingerprint density at radius 1 is 1.42 bits per heavy atom. The van der Waals surface area contributed by atoms with Crippen molar-refractivity contribution in [2.24, 2.45) is 5.92 Å². The number of nitrogens with one attached hydrogen (secondary N) is 2. The molecule has 1 aliphatic rings. The van der Waals surface area contributed by atoms with Crippen LogP contribution in [0.5, 0.6) is 11.5 Å². The van der Waals surface area contributed by atoms with Gasteiger partial charge in [-0.1, -0.05) is 17.7 Å². The smallest absolute Gasteiger partial charge is 0.261 e. The second kappa shape index (κ2) is 7.41. The summed E-state index contributed by atoms with van der Waals surface area (Å²) in [6, 6.07) is 5.72. The number of aryl methyl sites for hydroxylation is 1. The topological polar surface area (TPSA) is 80.4 Å². The first-order valence-corrected chi connectivity index (χ1v) is 8.75. The van der Waals surface area contributed by atoms with E-state index in [4.69, 9.17) is 21.1 Å². The number of methoxy groups -OCH3 is 1. The van der Waals surface area contributed by atoms with Crippen LogP contribution in [-0.4, -0.2) is 31.2 Å². The van der Waals surface area contributed by atoms with Crippen molar-refractivity contribution in [2.75, 3.05) is 20.3 Å². The van der Waals surface area contributed by atoms with Gasteiger partial charge in [-0.3, -0.25) is 9.59 Å². The van der Waals surface area contributed by atoms with Gasteiger partial charge in [0.1, 0.15) is 17.1 Å². The monoisotopic (exact) mass is 376 g/mol. The zero-order chi connectivity index (χ0) is 18.8. The van der Waals surface area contributed by atoms with Crippen LogP contribution in [0.3, 0.4) is 0 Å². The predicted molar refractivity (Wildman–Crippen MR) is 99.6 cm³/mol. The molecule has 1 amide bonds. The van der Waals surface area contributed by atoms with Crippen molar-refractivity contribution in [1.82, 2.24) is 10.3 Å². The van der Waals surface area contributed by atoms with Gasteiger partial charge < -0.3 is 19.8 Å². The number of hydrogen-bond donors (Lipinski definition) is 2. The molecular weight excluding hydrogens is 356 g/mol. The van der Waals surface area contributed by atoms with Crippen molar-refractivity contribution < 1.29 is 14.3 Å². The third kappa shape index (κ3) is 3.55. The van der Waals surface area contributed by atoms with Gasteiger partial charge in [0, 0.05) is 24.2 Å². The molecule has 0 saturated carbocycles. The third-order valence-electron chi connectivity index (χ3n) is 4.60. The fraction of sp³-hybridized carbons (Fsp3) is 0.368. The number of benzene rings is 1. The Bertz CT molecular complexity index is 907. The molecule has 1 atom stereocenters. The summed E-state index contributed by atoms with van der Waals surface area (Å²) in [7, 11) is 1.61. The molecule has 6 nitrogen and oxygen atoms in total. The first kappa shape index (κ1) is 18.3. The second-order valence-electron chi connectivity index (χ2n) is 6.46. The van der Waals surface area contributed by atoms with Gasteiger partial charge in [0.25, 0.3) is 11.5 Å². The summed E-state index contributed by atoms with van der Waals surface area (Å²) in [6.45, 7) is 4.27. The molecule has 26 heavy (non-hydrogen) atoms. The number of aromatic amines is 1. The largest absolute Gasteiger partial charge is 0.497 e. The van der Waals surface area contributed by atoms with E-state index in [1.165, 1.54) is 0 Å². The summed E-state index contributed by atoms with van der Waals surface area (Å²) in [5.41, 5.74) is 1.74. The molecule has 138 valence electrons. The molecule has 0 bridgehead atoms. The van der Waals surface area contributed by atoms with E-state index < -0.39 is 11.5 Å². The normalized spacial score (nSPS) is 15.8. The van der Waals surface area contributed by atoms with E-state index in [0.717, 1.165) is 23.5 Å². The highest BCUT2D eigenvalue weighted by Crippen LogP contribution is 2.30. The highest BCUT2D eigenvalue weighted by atomic mass is 35.5. The zero-order valence-electron chi connectivity index (χ0n) is 14.9. The molecule has 0 saturated heterocycles. The number of pyridine rings is 1. The molecule has 2 aromatic rings. The summed E-state index contributed by atoms with van der Waals surface area (Å²) in [5, 5.41) is 3.23. The fourth-order valence-corrected chi connectivity index (χ4v) is 3.26. The van der Waals surface area contributed by atoms with Gasteiger partial charge in [-0.15, -0.1) is 0 Å². The average Bonchev–Trinajstić information content (AvgIpc) is 2.64. The van der Waals surface area contributed by atoms with Crippen molar-refractivity contribution in [3.8, 4) is 11.5 Å². The highest BCUT2D eigenvalue weighted by molar-refractivity contribution is 6.32. The Hall–Kier alpha value is -2.47. The molecule has 0 radical (unpaired) electrons. The average molecular weight is 377 g/mol. The van der Waals surface area contributed by atoms with Gasteiger partial charge in [0.15, 0.2) is 0 Å². The SMILES string of the molecule is COc1ccc2c(c1)OCC(CNC(=O)c1c(C)c(Cl)c(C)[nH]c1=O)C2. The Kier molecular flexibility index (Phi) is 5.23. The lowest BCUT2D eigenvalue weighted by molar-refractivity contribution is 0.0937. The number of aromatic nitrogens is 1. The van der Waals surface area contributed by atoms with Gasteiger partial charge in [-0.2, -0.15) is 0 Å². The van der Waals surface area contributed by atoms with Crippen LogP contribution in [0.25, 0.3) is 0 Å². The zero-order valence-corrected chi connectivity index (χ0v) is 15.7. The molecule has 1 unspecified atom stereocenters. The lowest BCUT2D eigenvalue weighted by Crippen LogP contribution is -2.37. The van der Waals surface area contributed by atoms with E-state index >= 15 is 0 Å². The first-order valence-electron chi connectivity index (χ1n) is 8.37. The van der Waals surface area contributed by atoms with Crippen molar-refractivity contribution in [3.63, 3.8) is 0 Å². The summed E-state index contributed by atoms with van der Waals surface area (Å²) in [4.78, 5) is 27.2. The third-order valence-corrected chi connectivity index (χ3v) is 5.16. The minimum absolute atomic E-state index is 0.0578. The molecule has 0 aliphatic carbocycles. The van der Waals surface area contributed by atoms with E-state index in [2.05, 4.69) is 10.3 Å². The van der Waals surface area contributed by atoms with E-state index in [9.17, 15) is 9.59 Å². The van der Waals surface area contributed by atoms with Crippen LogP contribution >= 0.6 is 11.6 Å². The number of fused-ring (bicyclic) bond motifs is 1. The molecule has 2 N–H and O–H groups in total. The van der Waals surface area contributed by atoms with Gasteiger partial charge in [0.05, 0.1) is 18.7 Å². The lowest BCUT2D eigenvalue weighted by Gasteiger charge is -2.26. The minimum atomic E-state index is -0.431. The summed E-state index contributed by atoms with van der Waals surface area (Å²) in [5.74, 6) is 1.26. The van der Waals surface area contributed by atoms with Crippen molar-refractivity contribution in [3.05, 3.63) is 56.0 Å². The van der Waals surface area contributed by atoms with Crippen LogP contribution in [-0.2, 0) is 6.42 Å². The Morgan fingerprint density at radius 2 is 2.19 bits per heavy atom. The van der Waals surface area contributed by atoms with Crippen molar-refractivity contribution in [1.29, 1.82) is 0 Å². The molecule has 1 aromatic carbocycles. The Morgan fingerprint density at radius 3 is 2.92 bits per heavy atom. The number of amides is 1. The summed E-state index contributed by atoms with van der Waals surface area (Å²) in [6.07, 6.45) is 0.781. The number of H-pyrrole nitrogens is 1. The maximum absolute atomic E-state index is 12.5. The van der Waals surface area contributed by atoms with Crippen LogP contribution in [0.1, 0.15) is 27.2 Å². The van der Waals surface area contributed by atoms with Gasteiger partial charge >= 0.3 is 0 Å². The van der Waals surface area contributed by atoms with Crippen LogP contribution in [0.15, 0.2) is 23.0 Å². The van der Waals surface area contributed by atoms with Gasteiger partial charge in [-0.25, -0.2) is 0 Å². The Balaban J connectivity index is 1.68. The number of hydrogen-bond acceptors (Lipinski definition) is 4. The Labute approximate surface area is 156 Å². The quantitative estimate of drug-likeness (QED) is 0.859. The number of rotatable bonds is 4. The second-order valence-corrected chi connectivity index (χ2v) is 6.84. The van der Waals surface area contributed by atoms with Crippen LogP contribution < -0.4 is 20.3 Å². The van der Waals surface area contributed by atoms with E-state index in [0.29, 0.717) is 29.4 Å². The van der Waals surface area contributed by atoms with Gasteiger partial charge in [0.2, 0.25) is 0 Å². The number of halogens is 1. The number of ether oxygens (including phenoxy) is 2. The van der Waals surface area contributed by atoms with E-state index in [-0.39, 0.29) is 11.5 Å². The van der Waals surface area contributed by atoms with Gasteiger partial charge in [-0.05, 0) is 37.5 Å². The van der Waals surface area contributed by atoms with Crippen molar-refractivity contribution in [2.45, 2.75) is 20.3 Å². The van der Waals surface area contributed by atoms with Crippen LogP contribution in [0, 0.1) is 19.8 Å². The predicted octanol–water partition coefficient (Wildman–Crippen LogP) is 2.63.